The Hall–Kier alpha value is -1.57. The van der Waals surface area contributed by atoms with E-state index < -0.39 is 23.1 Å². The molecule has 0 saturated carbocycles. The van der Waals surface area contributed by atoms with Crippen LogP contribution in [0.2, 0.25) is 0 Å². The second kappa shape index (κ2) is 2.58. The third-order valence-electron chi connectivity index (χ3n) is 1.10. The number of hydrogen-bond acceptors (Lipinski definition) is 1. The van der Waals surface area contributed by atoms with Gasteiger partial charge in [0.05, 0.1) is 6.07 Å². The molecule has 0 unspecified atom stereocenters. The third-order valence-corrected chi connectivity index (χ3v) is 1.10. The summed E-state index contributed by atoms with van der Waals surface area (Å²) in [4.78, 5) is 2.39. The minimum Gasteiger partial charge on any atom is -0.204 e. The smallest absolute Gasteiger partial charge is 0.204 e. The van der Waals surface area contributed by atoms with E-state index in [0.29, 0.717) is 12.1 Å². The predicted octanol–water partition coefficient (Wildman–Crippen LogP) is 2.59. The van der Waals surface area contributed by atoms with E-state index >= 15 is 0 Å². The molecule has 0 bridgehead atoms. The molecular formula is C6H2F3N2+. The van der Waals surface area contributed by atoms with Crippen LogP contribution in [0.3, 0.4) is 0 Å². The van der Waals surface area contributed by atoms with Crippen molar-refractivity contribution < 1.29 is 13.2 Å². The molecule has 1 aromatic rings. The molecule has 0 aromatic heterocycles. The summed E-state index contributed by atoms with van der Waals surface area (Å²) >= 11 is 0. The van der Waals surface area contributed by atoms with Crippen molar-refractivity contribution in [1.82, 2.24) is 0 Å². The molecule has 1 rings (SSSR count). The van der Waals surface area contributed by atoms with Crippen LogP contribution < -0.4 is 0 Å². The Bertz CT molecular complexity index is 329. The van der Waals surface area contributed by atoms with Crippen molar-refractivity contribution in [1.29, 1.82) is 5.39 Å². The van der Waals surface area contributed by atoms with Gasteiger partial charge < -0.3 is 0 Å². The summed E-state index contributed by atoms with van der Waals surface area (Å²) in [6.07, 6.45) is 0. The van der Waals surface area contributed by atoms with E-state index in [9.17, 15) is 13.2 Å². The molecule has 0 spiro atoms. The fourth-order valence-corrected chi connectivity index (χ4v) is 0.589. The lowest BCUT2D eigenvalue weighted by Crippen LogP contribution is -1.84. The first-order valence-corrected chi connectivity index (χ1v) is 2.65. The van der Waals surface area contributed by atoms with E-state index in [4.69, 9.17) is 5.39 Å². The lowest BCUT2D eigenvalue weighted by molar-refractivity contribution is 0.497. The van der Waals surface area contributed by atoms with Crippen LogP contribution in [0.15, 0.2) is 12.1 Å². The van der Waals surface area contributed by atoms with Gasteiger partial charge in [0.15, 0.2) is 16.6 Å². The minimum absolute atomic E-state index is 0.310. The van der Waals surface area contributed by atoms with Crippen LogP contribution in [0, 0.1) is 22.8 Å². The highest BCUT2D eigenvalue weighted by molar-refractivity contribution is 5.45. The standard InChI is InChI=1S/C6H2F3N2/c7-3-1-5(9)6(11-10)2-4(3)8/h1-2H/q+1. The van der Waals surface area contributed by atoms with Crippen LogP contribution in [0.25, 0.3) is 4.98 Å². The Morgan fingerprint density at radius 2 is 1.55 bits per heavy atom. The molecule has 1 aromatic carbocycles. The maximum absolute atomic E-state index is 12.4. The van der Waals surface area contributed by atoms with Gasteiger partial charge in [-0.2, -0.15) is 4.39 Å². The Morgan fingerprint density at radius 3 is 2.09 bits per heavy atom. The van der Waals surface area contributed by atoms with Gasteiger partial charge in [0, 0.05) is 6.07 Å². The van der Waals surface area contributed by atoms with Crippen molar-refractivity contribution in [3.63, 3.8) is 0 Å². The molecule has 0 amide bonds. The van der Waals surface area contributed by atoms with Crippen LogP contribution in [0.5, 0.6) is 0 Å². The van der Waals surface area contributed by atoms with Gasteiger partial charge in [-0.25, -0.2) is 8.78 Å². The Morgan fingerprint density at radius 1 is 1.00 bits per heavy atom. The van der Waals surface area contributed by atoms with Crippen LogP contribution in [-0.2, 0) is 0 Å². The quantitative estimate of drug-likeness (QED) is 0.422. The fraction of sp³-hybridized carbons (Fsp3) is 0. The zero-order valence-corrected chi connectivity index (χ0v) is 5.18. The molecule has 56 valence electrons. The molecule has 0 saturated heterocycles. The van der Waals surface area contributed by atoms with Crippen LogP contribution in [0.4, 0.5) is 18.9 Å². The zero-order chi connectivity index (χ0) is 8.43. The van der Waals surface area contributed by atoms with Gasteiger partial charge in [0.25, 0.3) is 0 Å². The molecule has 0 aliphatic rings. The summed E-state index contributed by atoms with van der Waals surface area (Å²) in [6, 6.07) is 0.773. The molecule has 0 aliphatic carbocycles. The largest absolute Gasteiger partial charge is 0.423 e. The Balaban J connectivity index is 3.35. The minimum atomic E-state index is -1.31. The van der Waals surface area contributed by atoms with Crippen LogP contribution in [0.1, 0.15) is 0 Å². The molecule has 2 nitrogen and oxygen atoms in total. The topological polar surface area (TPSA) is 28.1 Å². The van der Waals surface area contributed by atoms with Crippen LogP contribution >= 0.6 is 0 Å². The van der Waals surface area contributed by atoms with Crippen molar-refractivity contribution >= 4 is 5.69 Å². The van der Waals surface area contributed by atoms with E-state index in [1.54, 1.807) is 0 Å². The number of hydrogen-bond donors (Lipinski definition) is 0. The monoisotopic (exact) mass is 159 g/mol. The van der Waals surface area contributed by atoms with E-state index in [1.807, 2.05) is 0 Å². The molecule has 0 aliphatic heterocycles. The summed E-state index contributed by atoms with van der Waals surface area (Å²) < 4.78 is 36.8. The van der Waals surface area contributed by atoms with E-state index in [-0.39, 0.29) is 0 Å². The highest BCUT2D eigenvalue weighted by atomic mass is 19.2. The van der Waals surface area contributed by atoms with Gasteiger partial charge in [-0.05, 0) is 0 Å². The SMILES string of the molecule is N#[N+]c1cc(F)c(F)cc1F. The summed E-state index contributed by atoms with van der Waals surface area (Å²) in [5.74, 6) is -3.67. The van der Waals surface area contributed by atoms with Crippen molar-refractivity contribution in [3.8, 4) is 0 Å². The van der Waals surface area contributed by atoms with Gasteiger partial charge in [-0.3, -0.25) is 0 Å². The van der Waals surface area contributed by atoms with Crippen molar-refractivity contribution in [2.75, 3.05) is 0 Å². The predicted molar refractivity (Wildman–Crippen MR) is 31.1 cm³/mol. The molecule has 11 heavy (non-hydrogen) atoms. The maximum atomic E-state index is 12.4. The first kappa shape index (κ1) is 7.54. The number of nitrogens with zero attached hydrogens (tertiary/aromatic N) is 2. The highest BCUT2D eigenvalue weighted by Crippen LogP contribution is 2.20. The summed E-state index contributed by atoms with van der Waals surface area (Å²) in [6.45, 7) is 0. The summed E-state index contributed by atoms with van der Waals surface area (Å²) in [5, 5.41) is 8.03. The van der Waals surface area contributed by atoms with Gasteiger partial charge in [-0.15, -0.1) is 0 Å². The molecule has 0 fully saturated rings. The van der Waals surface area contributed by atoms with E-state index in [0.717, 1.165) is 0 Å². The highest BCUT2D eigenvalue weighted by Gasteiger charge is 2.18. The molecular weight excluding hydrogens is 157 g/mol. The Labute approximate surface area is 59.9 Å². The number of diazo groups is 1. The van der Waals surface area contributed by atoms with E-state index in [1.165, 1.54) is 0 Å². The molecule has 0 heterocycles. The lowest BCUT2D eigenvalue weighted by atomic mass is 10.3. The second-order valence-electron chi connectivity index (χ2n) is 1.82. The van der Waals surface area contributed by atoms with Gasteiger partial charge >= 0.3 is 5.69 Å². The molecule has 0 N–H and O–H groups in total. The van der Waals surface area contributed by atoms with Crippen molar-refractivity contribution in [2.45, 2.75) is 0 Å². The molecule has 0 radical (unpaired) electrons. The third kappa shape index (κ3) is 1.29. The number of benzene rings is 1. The summed E-state index contributed by atoms with van der Waals surface area (Å²) in [5.41, 5.74) is -0.621. The number of rotatable bonds is 0. The summed E-state index contributed by atoms with van der Waals surface area (Å²) in [7, 11) is 0. The molecule has 0 atom stereocenters. The van der Waals surface area contributed by atoms with Crippen molar-refractivity contribution in [3.05, 3.63) is 34.6 Å². The van der Waals surface area contributed by atoms with Crippen LogP contribution in [-0.4, -0.2) is 0 Å². The first-order valence-electron chi connectivity index (χ1n) is 2.65. The van der Waals surface area contributed by atoms with Gasteiger partial charge in [0.1, 0.15) is 0 Å². The average molecular weight is 159 g/mol. The van der Waals surface area contributed by atoms with Gasteiger partial charge in [0.2, 0.25) is 11.2 Å². The first-order chi connectivity index (χ1) is 5.15. The zero-order valence-electron chi connectivity index (χ0n) is 5.18. The lowest BCUT2D eigenvalue weighted by Gasteiger charge is -1.87. The van der Waals surface area contributed by atoms with Gasteiger partial charge in [-0.1, -0.05) is 0 Å². The Kier molecular flexibility index (Phi) is 1.77. The number of halogens is 3. The maximum Gasteiger partial charge on any atom is 0.423 e. The average Bonchev–Trinajstić information content (AvgIpc) is 1.97. The normalized spacial score (nSPS) is 9.27. The van der Waals surface area contributed by atoms with E-state index in [2.05, 4.69) is 4.98 Å². The fourth-order valence-electron chi connectivity index (χ4n) is 0.589. The molecule has 5 heteroatoms. The van der Waals surface area contributed by atoms with Crippen molar-refractivity contribution in [2.24, 2.45) is 0 Å². The second-order valence-corrected chi connectivity index (χ2v) is 1.82.